The number of nitrogens with zero attached hydrogens (tertiary/aromatic N) is 1. The number of amides is 2. The maximum absolute atomic E-state index is 13.2. The Hall–Kier alpha value is -2.67. The number of sulfone groups is 1. The van der Waals surface area contributed by atoms with Crippen LogP contribution in [0.5, 0.6) is 0 Å². The number of carbonyl (C=O) groups is 2. The molecule has 1 N–H and O–H groups in total. The zero-order chi connectivity index (χ0) is 20.5. The molecule has 3 rings (SSSR count). The van der Waals surface area contributed by atoms with Crippen LogP contribution in [0.3, 0.4) is 0 Å². The van der Waals surface area contributed by atoms with Gasteiger partial charge in [-0.25, -0.2) is 8.42 Å². The molecule has 2 aromatic rings. The van der Waals surface area contributed by atoms with Crippen LogP contribution in [0.25, 0.3) is 0 Å². The number of nitrogens with one attached hydrogen (secondary N) is 1. The quantitative estimate of drug-likeness (QED) is 0.836. The molecule has 28 heavy (non-hydrogen) atoms. The summed E-state index contributed by atoms with van der Waals surface area (Å²) in [6, 6.07) is 13.2. The minimum Gasteiger partial charge on any atom is -0.322 e. The topological polar surface area (TPSA) is 83.6 Å². The first kappa shape index (κ1) is 20.1. The second kappa shape index (κ2) is 7.75. The van der Waals surface area contributed by atoms with Crippen LogP contribution in [-0.4, -0.2) is 32.5 Å². The van der Waals surface area contributed by atoms with Gasteiger partial charge < -0.3 is 5.32 Å². The van der Waals surface area contributed by atoms with Crippen molar-refractivity contribution >= 4 is 33.0 Å². The van der Waals surface area contributed by atoms with Crippen molar-refractivity contribution in [2.45, 2.75) is 37.6 Å². The van der Waals surface area contributed by atoms with E-state index in [1.54, 1.807) is 6.07 Å². The number of carbonyl (C=O) groups excluding carboxylic acids is 2. The third-order valence-electron chi connectivity index (χ3n) is 5.11. The van der Waals surface area contributed by atoms with Gasteiger partial charge in [-0.3, -0.25) is 14.5 Å². The van der Waals surface area contributed by atoms with E-state index >= 15 is 0 Å². The molecule has 0 radical (unpaired) electrons. The molecule has 1 heterocycles. The molecule has 0 aromatic heterocycles. The molecule has 0 fully saturated rings. The molecule has 0 aliphatic carbocycles. The molecule has 2 atom stereocenters. The third kappa shape index (κ3) is 3.94. The number of hydrogen-bond donors (Lipinski definition) is 1. The van der Waals surface area contributed by atoms with Crippen LogP contribution < -0.4 is 10.2 Å². The molecule has 2 amide bonds. The molecule has 1 aliphatic heterocycles. The van der Waals surface area contributed by atoms with Crippen LogP contribution in [0.1, 0.15) is 25.8 Å². The second-order valence-electron chi connectivity index (χ2n) is 7.20. The van der Waals surface area contributed by atoms with E-state index in [1.165, 1.54) is 17.0 Å². The lowest BCUT2D eigenvalue weighted by Crippen LogP contribution is -2.54. The maximum atomic E-state index is 13.2. The highest BCUT2D eigenvalue weighted by Gasteiger charge is 2.39. The van der Waals surface area contributed by atoms with Gasteiger partial charge in [0, 0.05) is 6.26 Å². The summed E-state index contributed by atoms with van der Waals surface area (Å²) in [5, 5.41) is 2.79. The monoisotopic (exact) mass is 400 g/mol. The number of fused-ring (bicyclic) bond motifs is 1. The number of hydrogen-bond acceptors (Lipinski definition) is 4. The summed E-state index contributed by atoms with van der Waals surface area (Å²) >= 11 is 0. The summed E-state index contributed by atoms with van der Waals surface area (Å²) in [4.78, 5) is 27.7. The summed E-state index contributed by atoms with van der Waals surface area (Å²) in [5.41, 5.74) is 1.72. The van der Waals surface area contributed by atoms with Crippen LogP contribution in [-0.2, 0) is 25.8 Å². The van der Waals surface area contributed by atoms with E-state index in [-0.39, 0.29) is 29.0 Å². The van der Waals surface area contributed by atoms with E-state index in [4.69, 9.17) is 0 Å². The summed E-state index contributed by atoms with van der Waals surface area (Å²) in [6.45, 7) is 3.91. The van der Waals surface area contributed by atoms with Crippen LogP contribution in [0.15, 0.2) is 53.4 Å². The van der Waals surface area contributed by atoms with Gasteiger partial charge >= 0.3 is 0 Å². The maximum Gasteiger partial charge on any atom is 0.247 e. The molecule has 6 nitrogen and oxygen atoms in total. The highest BCUT2D eigenvalue weighted by atomic mass is 32.2. The van der Waals surface area contributed by atoms with Gasteiger partial charge in [0.25, 0.3) is 0 Å². The minimum atomic E-state index is -3.43. The molecular formula is C21H24N2O4S. The minimum absolute atomic E-state index is 0.0533. The van der Waals surface area contributed by atoms with E-state index in [0.29, 0.717) is 11.4 Å². The normalized spacial score (nSPS) is 17.6. The fraction of sp³-hybridized carbons (Fsp3) is 0.333. The van der Waals surface area contributed by atoms with E-state index in [0.717, 1.165) is 18.2 Å². The van der Waals surface area contributed by atoms with E-state index in [1.807, 2.05) is 44.2 Å². The average Bonchev–Trinajstić information content (AvgIpc) is 2.65. The van der Waals surface area contributed by atoms with E-state index < -0.39 is 15.9 Å². The number of benzene rings is 2. The molecule has 0 unspecified atom stereocenters. The smallest absolute Gasteiger partial charge is 0.247 e. The Morgan fingerprint density at radius 2 is 1.86 bits per heavy atom. The van der Waals surface area contributed by atoms with Crippen LogP contribution in [0.4, 0.5) is 11.4 Å². The summed E-state index contributed by atoms with van der Waals surface area (Å²) < 4.78 is 23.8. The standard InChI is InChI=1S/C21H24N2O4S/c1-4-14(2)20-21(25)22-17-13-16(28(3,26)27)10-11-18(17)23(20)19(24)12-15-8-6-5-7-9-15/h5-11,13-14,20H,4,12H2,1-3H3,(H,22,25)/t14-,20-/m0/s1. The first-order chi connectivity index (χ1) is 13.2. The predicted molar refractivity (Wildman–Crippen MR) is 109 cm³/mol. The van der Waals surface area contributed by atoms with Crippen LogP contribution >= 0.6 is 0 Å². The van der Waals surface area contributed by atoms with Gasteiger partial charge in [0.1, 0.15) is 6.04 Å². The van der Waals surface area contributed by atoms with Gasteiger partial charge in [0.2, 0.25) is 11.8 Å². The Labute approximate surface area is 165 Å². The van der Waals surface area contributed by atoms with Crippen molar-refractivity contribution in [3.63, 3.8) is 0 Å². The van der Waals surface area contributed by atoms with Crippen LogP contribution in [0, 0.1) is 5.92 Å². The fourth-order valence-corrected chi connectivity index (χ4v) is 4.06. The van der Waals surface area contributed by atoms with Crippen molar-refractivity contribution in [1.29, 1.82) is 0 Å². The third-order valence-corrected chi connectivity index (χ3v) is 6.22. The second-order valence-corrected chi connectivity index (χ2v) is 9.21. The van der Waals surface area contributed by atoms with Gasteiger partial charge in [-0.15, -0.1) is 0 Å². The molecule has 0 spiro atoms. The molecule has 0 saturated heterocycles. The number of anilines is 2. The molecule has 0 bridgehead atoms. The Bertz CT molecular complexity index is 1000. The Kier molecular flexibility index (Phi) is 5.56. The van der Waals surface area contributed by atoms with Gasteiger partial charge in [-0.05, 0) is 29.7 Å². The zero-order valence-corrected chi connectivity index (χ0v) is 17.0. The largest absolute Gasteiger partial charge is 0.322 e. The predicted octanol–water partition coefficient (Wildman–Crippen LogP) is 3.03. The van der Waals surface area contributed by atoms with Gasteiger partial charge in [-0.1, -0.05) is 50.6 Å². The van der Waals surface area contributed by atoms with Crippen molar-refractivity contribution in [1.82, 2.24) is 0 Å². The van der Waals surface area contributed by atoms with Crippen molar-refractivity contribution in [3.8, 4) is 0 Å². The van der Waals surface area contributed by atoms with Crippen molar-refractivity contribution < 1.29 is 18.0 Å². The Morgan fingerprint density at radius 3 is 2.46 bits per heavy atom. The molecule has 0 saturated carbocycles. The van der Waals surface area contributed by atoms with Crippen molar-refractivity contribution in [2.75, 3.05) is 16.5 Å². The van der Waals surface area contributed by atoms with Gasteiger partial charge in [0.15, 0.2) is 9.84 Å². The molecule has 2 aromatic carbocycles. The van der Waals surface area contributed by atoms with Crippen LogP contribution in [0.2, 0.25) is 0 Å². The lowest BCUT2D eigenvalue weighted by molar-refractivity contribution is -0.124. The SMILES string of the molecule is CC[C@H](C)[C@H]1C(=O)Nc2cc(S(C)(=O)=O)ccc2N1C(=O)Cc1ccccc1. The zero-order valence-electron chi connectivity index (χ0n) is 16.2. The lowest BCUT2D eigenvalue weighted by Gasteiger charge is -2.39. The summed E-state index contributed by atoms with van der Waals surface area (Å²) in [5.74, 6) is -0.545. The molecule has 148 valence electrons. The highest BCUT2D eigenvalue weighted by molar-refractivity contribution is 7.90. The van der Waals surface area contributed by atoms with Gasteiger partial charge in [0.05, 0.1) is 22.7 Å². The molecular weight excluding hydrogens is 376 g/mol. The first-order valence-electron chi connectivity index (χ1n) is 9.23. The van der Waals surface area contributed by atoms with E-state index in [9.17, 15) is 18.0 Å². The average molecular weight is 401 g/mol. The lowest BCUT2D eigenvalue weighted by atomic mass is 9.93. The van der Waals surface area contributed by atoms with E-state index in [2.05, 4.69) is 5.32 Å². The van der Waals surface area contributed by atoms with Crippen molar-refractivity contribution in [2.24, 2.45) is 5.92 Å². The fourth-order valence-electron chi connectivity index (χ4n) is 3.41. The Morgan fingerprint density at radius 1 is 1.18 bits per heavy atom. The highest BCUT2D eigenvalue weighted by Crippen LogP contribution is 2.37. The van der Waals surface area contributed by atoms with Crippen molar-refractivity contribution in [3.05, 3.63) is 54.1 Å². The summed E-state index contributed by atoms with van der Waals surface area (Å²) in [7, 11) is -3.43. The van der Waals surface area contributed by atoms with Gasteiger partial charge in [-0.2, -0.15) is 0 Å². The Balaban J connectivity index is 2.07. The molecule has 1 aliphatic rings. The molecule has 7 heteroatoms. The number of rotatable bonds is 5. The first-order valence-corrected chi connectivity index (χ1v) is 11.1. The summed E-state index contributed by atoms with van der Waals surface area (Å²) in [6.07, 6.45) is 2.00.